The molecule has 0 bridgehead atoms. The fraction of sp³-hybridized carbons (Fsp3) is 0.500. The third-order valence-corrected chi connectivity index (χ3v) is 1.71. The molecule has 0 aliphatic carbocycles. The van der Waals surface area contributed by atoms with Crippen molar-refractivity contribution in [3.05, 3.63) is 18.0 Å². The molecule has 1 aromatic rings. The second-order valence-corrected chi connectivity index (χ2v) is 2.96. The van der Waals surface area contributed by atoms with E-state index in [4.69, 9.17) is 5.73 Å². The van der Waals surface area contributed by atoms with Crippen molar-refractivity contribution in [3.8, 4) is 0 Å². The fourth-order valence-corrected chi connectivity index (χ4v) is 0.769. The SMILES string of the molecule is CC(CN)CNC(=O)c1cnoc1. The van der Waals surface area contributed by atoms with Gasteiger partial charge in [-0.25, -0.2) is 0 Å². The summed E-state index contributed by atoms with van der Waals surface area (Å²) >= 11 is 0. The second-order valence-electron chi connectivity index (χ2n) is 2.96. The Labute approximate surface area is 76.3 Å². The van der Waals surface area contributed by atoms with Crippen molar-refractivity contribution in [2.75, 3.05) is 13.1 Å². The minimum absolute atomic E-state index is 0.179. The summed E-state index contributed by atoms with van der Waals surface area (Å²) in [5, 5.41) is 6.15. The first-order valence-corrected chi connectivity index (χ1v) is 4.11. The van der Waals surface area contributed by atoms with Crippen LogP contribution in [0.4, 0.5) is 0 Å². The third-order valence-electron chi connectivity index (χ3n) is 1.71. The molecule has 5 heteroatoms. The van der Waals surface area contributed by atoms with Crippen LogP contribution >= 0.6 is 0 Å². The smallest absolute Gasteiger partial charge is 0.256 e. The number of nitrogens with two attached hydrogens (primary N) is 1. The molecule has 1 rings (SSSR count). The molecule has 1 amide bonds. The molecule has 5 nitrogen and oxygen atoms in total. The summed E-state index contributed by atoms with van der Waals surface area (Å²) in [7, 11) is 0. The van der Waals surface area contributed by atoms with Gasteiger partial charge >= 0.3 is 0 Å². The Hall–Kier alpha value is -1.36. The van der Waals surface area contributed by atoms with Crippen molar-refractivity contribution < 1.29 is 9.32 Å². The zero-order chi connectivity index (χ0) is 9.68. The van der Waals surface area contributed by atoms with Crippen LogP contribution in [0.1, 0.15) is 17.3 Å². The van der Waals surface area contributed by atoms with Crippen molar-refractivity contribution in [2.45, 2.75) is 6.92 Å². The number of hydrogen-bond acceptors (Lipinski definition) is 4. The number of nitrogens with one attached hydrogen (secondary N) is 1. The second kappa shape index (κ2) is 4.61. The van der Waals surface area contributed by atoms with Gasteiger partial charge < -0.3 is 15.6 Å². The molecule has 0 saturated carbocycles. The van der Waals surface area contributed by atoms with E-state index in [0.717, 1.165) is 0 Å². The van der Waals surface area contributed by atoms with Crippen LogP contribution in [0, 0.1) is 5.92 Å². The van der Waals surface area contributed by atoms with Crippen LogP contribution < -0.4 is 11.1 Å². The molecule has 0 aliphatic heterocycles. The number of carbonyl (C=O) groups excluding carboxylic acids is 1. The van der Waals surface area contributed by atoms with E-state index in [1.165, 1.54) is 12.5 Å². The number of carbonyl (C=O) groups is 1. The molecule has 0 spiro atoms. The molecule has 0 fully saturated rings. The van der Waals surface area contributed by atoms with Gasteiger partial charge in [0, 0.05) is 6.54 Å². The van der Waals surface area contributed by atoms with E-state index in [1.54, 1.807) is 0 Å². The predicted octanol–water partition coefficient (Wildman–Crippen LogP) is -0.000800. The number of aromatic nitrogens is 1. The molecular formula is C8H13N3O2. The Morgan fingerprint density at radius 2 is 2.62 bits per heavy atom. The van der Waals surface area contributed by atoms with Crippen LogP contribution in [0.25, 0.3) is 0 Å². The summed E-state index contributed by atoms with van der Waals surface area (Å²) in [6.45, 7) is 3.10. The Bertz CT molecular complexity index is 258. The summed E-state index contributed by atoms with van der Waals surface area (Å²) < 4.78 is 4.53. The zero-order valence-corrected chi connectivity index (χ0v) is 7.49. The topological polar surface area (TPSA) is 81.1 Å². The minimum atomic E-state index is -0.179. The van der Waals surface area contributed by atoms with Crippen LogP contribution in [0.3, 0.4) is 0 Å². The Morgan fingerprint density at radius 1 is 1.85 bits per heavy atom. The lowest BCUT2D eigenvalue weighted by Gasteiger charge is -2.08. The highest BCUT2D eigenvalue weighted by Crippen LogP contribution is 1.96. The summed E-state index contributed by atoms with van der Waals surface area (Å²) in [5.41, 5.74) is 5.83. The largest absolute Gasteiger partial charge is 0.364 e. The van der Waals surface area contributed by atoms with E-state index < -0.39 is 0 Å². The van der Waals surface area contributed by atoms with Gasteiger partial charge in [0.2, 0.25) is 0 Å². The number of hydrogen-bond donors (Lipinski definition) is 2. The molecule has 72 valence electrons. The molecular weight excluding hydrogens is 170 g/mol. The van der Waals surface area contributed by atoms with E-state index in [9.17, 15) is 4.79 Å². The molecule has 0 aliphatic rings. The normalized spacial score (nSPS) is 12.5. The maximum absolute atomic E-state index is 11.3. The third kappa shape index (κ3) is 2.87. The van der Waals surface area contributed by atoms with Crippen LogP contribution in [0.2, 0.25) is 0 Å². The lowest BCUT2D eigenvalue weighted by Crippen LogP contribution is -2.30. The Kier molecular flexibility index (Phi) is 3.45. The van der Waals surface area contributed by atoms with Crippen molar-refractivity contribution in [2.24, 2.45) is 11.7 Å². The van der Waals surface area contributed by atoms with E-state index in [2.05, 4.69) is 15.0 Å². The van der Waals surface area contributed by atoms with Gasteiger partial charge in [0.25, 0.3) is 5.91 Å². The van der Waals surface area contributed by atoms with E-state index >= 15 is 0 Å². The molecule has 13 heavy (non-hydrogen) atoms. The maximum atomic E-state index is 11.3. The van der Waals surface area contributed by atoms with Gasteiger partial charge in [-0.2, -0.15) is 0 Å². The lowest BCUT2D eigenvalue weighted by atomic mass is 10.2. The highest BCUT2D eigenvalue weighted by molar-refractivity contribution is 5.93. The number of nitrogens with zero attached hydrogens (tertiary/aromatic N) is 1. The van der Waals surface area contributed by atoms with Crippen LogP contribution in [0.5, 0.6) is 0 Å². The van der Waals surface area contributed by atoms with Gasteiger partial charge in [0.05, 0.1) is 11.8 Å². The molecule has 0 radical (unpaired) electrons. The first-order valence-electron chi connectivity index (χ1n) is 4.11. The molecule has 1 unspecified atom stereocenters. The lowest BCUT2D eigenvalue weighted by molar-refractivity contribution is 0.0948. The molecule has 3 N–H and O–H groups in total. The first-order chi connectivity index (χ1) is 6.24. The number of amides is 1. The summed E-state index contributed by atoms with van der Waals surface area (Å²) in [5.74, 6) is 0.102. The number of rotatable bonds is 4. The summed E-state index contributed by atoms with van der Waals surface area (Å²) in [6, 6.07) is 0. The standard InChI is InChI=1S/C8H13N3O2/c1-6(2-9)3-10-8(12)7-4-11-13-5-7/h4-6H,2-3,9H2,1H3,(H,10,12). The Morgan fingerprint density at radius 3 is 3.15 bits per heavy atom. The van der Waals surface area contributed by atoms with E-state index in [0.29, 0.717) is 18.7 Å². The summed E-state index contributed by atoms with van der Waals surface area (Å²) in [6.07, 6.45) is 2.69. The average Bonchev–Trinajstić information content (AvgIpc) is 2.66. The van der Waals surface area contributed by atoms with Gasteiger partial charge in [-0.15, -0.1) is 0 Å². The first kappa shape index (κ1) is 9.73. The van der Waals surface area contributed by atoms with Gasteiger partial charge in [-0.05, 0) is 12.5 Å². The van der Waals surface area contributed by atoms with Crippen LogP contribution in [-0.4, -0.2) is 24.2 Å². The fourth-order valence-electron chi connectivity index (χ4n) is 0.769. The van der Waals surface area contributed by atoms with Crippen molar-refractivity contribution in [1.29, 1.82) is 0 Å². The van der Waals surface area contributed by atoms with Crippen molar-refractivity contribution in [1.82, 2.24) is 10.5 Å². The summed E-state index contributed by atoms with van der Waals surface area (Å²) in [4.78, 5) is 11.3. The van der Waals surface area contributed by atoms with Gasteiger partial charge in [0.1, 0.15) is 6.26 Å². The van der Waals surface area contributed by atoms with E-state index in [-0.39, 0.29) is 11.8 Å². The molecule has 1 atom stereocenters. The molecule has 0 aromatic carbocycles. The zero-order valence-electron chi connectivity index (χ0n) is 7.49. The van der Waals surface area contributed by atoms with E-state index in [1.807, 2.05) is 6.92 Å². The maximum Gasteiger partial charge on any atom is 0.256 e. The van der Waals surface area contributed by atoms with Gasteiger partial charge in [0.15, 0.2) is 0 Å². The van der Waals surface area contributed by atoms with Crippen LogP contribution in [-0.2, 0) is 0 Å². The monoisotopic (exact) mass is 183 g/mol. The molecule has 0 saturated heterocycles. The van der Waals surface area contributed by atoms with Gasteiger partial charge in [-0.1, -0.05) is 12.1 Å². The highest BCUT2D eigenvalue weighted by atomic mass is 16.5. The van der Waals surface area contributed by atoms with Crippen molar-refractivity contribution >= 4 is 5.91 Å². The molecule has 1 heterocycles. The van der Waals surface area contributed by atoms with Crippen molar-refractivity contribution in [3.63, 3.8) is 0 Å². The molecule has 1 aromatic heterocycles. The highest BCUT2D eigenvalue weighted by Gasteiger charge is 2.08. The predicted molar refractivity (Wildman–Crippen MR) is 47.1 cm³/mol. The Balaban J connectivity index is 2.35. The van der Waals surface area contributed by atoms with Crippen LogP contribution in [0.15, 0.2) is 17.0 Å². The quantitative estimate of drug-likeness (QED) is 0.688. The average molecular weight is 183 g/mol. The van der Waals surface area contributed by atoms with Gasteiger partial charge in [-0.3, -0.25) is 4.79 Å². The minimum Gasteiger partial charge on any atom is -0.364 e.